The SMILES string of the molecule is Cc1ccc(CNC2CC(C)CC(C)(C)C2)cc1. The van der Waals surface area contributed by atoms with Crippen molar-refractivity contribution in [3.8, 4) is 0 Å². The lowest BCUT2D eigenvalue weighted by molar-refractivity contribution is 0.151. The van der Waals surface area contributed by atoms with Crippen LogP contribution in [0.4, 0.5) is 0 Å². The first-order valence-electron chi connectivity index (χ1n) is 7.23. The molecule has 0 heterocycles. The van der Waals surface area contributed by atoms with Crippen molar-refractivity contribution in [2.24, 2.45) is 11.3 Å². The van der Waals surface area contributed by atoms with E-state index in [2.05, 4.69) is 57.3 Å². The maximum atomic E-state index is 3.74. The van der Waals surface area contributed by atoms with Gasteiger partial charge in [0, 0.05) is 12.6 Å². The average molecular weight is 245 g/mol. The highest BCUT2D eigenvalue weighted by Gasteiger charge is 2.31. The van der Waals surface area contributed by atoms with Crippen molar-refractivity contribution in [3.05, 3.63) is 35.4 Å². The van der Waals surface area contributed by atoms with Crippen LogP contribution in [0.3, 0.4) is 0 Å². The fraction of sp³-hybridized carbons (Fsp3) is 0.647. The Bertz CT molecular complexity index is 377. The molecule has 0 spiro atoms. The highest BCUT2D eigenvalue weighted by Crippen LogP contribution is 2.38. The quantitative estimate of drug-likeness (QED) is 0.837. The van der Waals surface area contributed by atoms with Gasteiger partial charge in [-0.15, -0.1) is 0 Å². The van der Waals surface area contributed by atoms with Gasteiger partial charge in [-0.2, -0.15) is 0 Å². The van der Waals surface area contributed by atoms with Gasteiger partial charge in [0.15, 0.2) is 0 Å². The summed E-state index contributed by atoms with van der Waals surface area (Å²) < 4.78 is 0. The molecule has 0 aliphatic heterocycles. The summed E-state index contributed by atoms with van der Waals surface area (Å²) in [6, 6.07) is 9.55. The first-order chi connectivity index (χ1) is 8.44. The van der Waals surface area contributed by atoms with Crippen molar-refractivity contribution in [2.45, 2.75) is 59.5 Å². The van der Waals surface area contributed by atoms with Gasteiger partial charge in [-0.25, -0.2) is 0 Å². The molecule has 18 heavy (non-hydrogen) atoms. The van der Waals surface area contributed by atoms with Crippen LogP contribution in [0.15, 0.2) is 24.3 Å². The predicted molar refractivity (Wildman–Crippen MR) is 78.6 cm³/mol. The lowest BCUT2D eigenvalue weighted by Gasteiger charge is -2.39. The zero-order valence-electron chi connectivity index (χ0n) is 12.3. The van der Waals surface area contributed by atoms with Crippen molar-refractivity contribution >= 4 is 0 Å². The Labute approximate surface area is 112 Å². The molecule has 2 atom stereocenters. The molecule has 1 aromatic carbocycles. The number of nitrogens with one attached hydrogen (secondary N) is 1. The number of hydrogen-bond donors (Lipinski definition) is 1. The van der Waals surface area contributed by atoms with Crippen molar-refractivity contribution in [2.75, 3.05) is 0 Å². The van der Waals surface area contributed by atoms with Crippen LogP contribution in [0, 0.1) is 18.3 Å². The van der Waals surface area contributed by atoms with Gasteiger partial charge in [0.2, 0.25) is 0 Å². The van der Waals surface area contributed by atoms with Gasteiger partial charge in [0.25, 0.3) is 0 Å². The van der Waals surface area contributed by atoms with E-state index in [0.29, 0.717) is 11.5 Å². The van der Waals surface area contributed by atoms with E-state index >= 15 is 0 Å². The second-order valence-electron chi connectivity index (χ2n) is 6.98. The van der Waals surface area contributed by atoms with E-state index in [4.69, 9.17) is 0 Å². The fourth-order valence-corrected chi connectivity index (χ4v) is 3.47. The van der Waals surface area contributed by atoms with Crippen LogP contribution in [0.1, 0.15) is 51.2 Å². The van der Waals surface area contributed by atoms with Gasteiger partial charge in [0.1, 0.15) is 0 Å². The molecule has 1 aliphatic rings. The van der Waals surface area contributed by atoms with Gasteiger partial charge in [0.05, 0.1) is 0 Å². The molecule has 0 bridgehead atoms. The Morgan fingerprint density at radius 3 is 2.44 bits per heavy atom. The Kier molecular flexibility index (Phi) is 4.11. The Hall–Kier alpha value is -0.820. The predicted octanol–water partition coefficient (Wildman–Crippen LogP) is 4.30. The van der Waals surface area contributed by atoms with Crippen molar-refractivity contribution < 1.29 is 0 Å². The summed E-state index contributed by atoms with van der Waals surface area (Å²) in [5, 5.41) is 3.74. The summed E-state index contributed by atoms with van der Waals surface area (Å²) in [7, 11) is 0. The minimum absolute atomic E-state index is 0.503. The molecule has 0 aromatic heterocycles. The molecule has 2 unspecified atom stereocenters. The maximum Gasteiger partial charge on any atom is 0.0208 e. The van der Waals surface area contributed by atoms with Gasteiger partial charge in [-0.05, 0) is 43.1 Å². The van der Waals surface area contributed by atoms with E-state index in [1.165, 1.54) is 30.4 Å². The van der Waals surface area contributed by atoms with Crippen LogP contribution in [-0.2, 0) is 6.54 Å². The third-order valence-electron chi connectivity index (χ3n) is 4.10. The molecule has 0 saturated heterocycles. The summed E-state index contributed by atoms with van der Waals surface area (Å²) in [4.78, 5) is 0. The zero-order valence-corrected chi connectivity index (χ0v) is 12.3. The summed E-state index contributed by atoms with van der Waals surface area (Å²) in [5.74, 6) is 0.851. The lowest BCUT2D eigenvalue weighted by atomic mass is 9.70. The molecule has 1 aromatic rings. The van der Waals surface area contributed by atoms with Gasteiger partial charge >= 0.3 is 0 Å². The Balaban J connectivity index is 1.88. The molecule has 0 radical (unpaired) electrons. The fourth-order valence-electron chi connectivity index (χ4n) is 3.47. The smallest absolute Gasteiger partial charge is 0.0208 e. The van der Waals surface area contributed by atoms with Gasteiger partial charge in [-0.1, -0.05) is 50.6 Å². The first-order valence-corrected chi connectivity index (χ1v) is 7.23. The van der Waals surface area contributed by atoms with E-state index in [0.717, 1.165) is 12.5 Å². The second kappa shape index (κ2) is 5.44. The molecule has 1 aliphatic carbocycles. The van der Waals surface area contributed by atoms with Gasteiger partial charge < -0.3 is 5.32 Å². The molecule has 1 saturated carbocycles. The van der Waals surface area contributed by atoms with Crippen LogP contribution < -0.4 is 5.32 Å². The van der Waals surface area contributed by atoms with E-state index in [1.54, 1.807) is 0 Å². The highest BCUT2D eigenvalue weighted by molar-refractivity contribution is 5.21. The highest BCUT2D eigenvalue weighted by atomic mass is 14.9. The van der Waals surface area contributed by atoms with Crippen molar-refractivity contribution in [1.29, 1.82) is 0 Å². The molecule has 2 rings (SSSR count). The van der Waals surface area contributed by atoms with Gasteiger partial charge in [-0.3, -0.25) is 0 Å². The van der Waals surface area contributed by atoms with Crippen molar-refractivity contribution in [1.82, 2.24) is 5.32 Å². The van der Waals surface area contributed by atoms with E-state index < -0.39 is 0 Å². The lowest BCUT2D eigenvalue weighted by Crippen LogP contribution is -2.39. The van der Waals surface area contributed by atoms with E-state index in [-0.39, 0.29) is 0 Å². The average Bonchev–Trinajstić information content (AvgIpc) is 2.25. The largest absolute Gasteiger partial charge is 0.310 e. The maximum absolute atomic E-state index is 3.74. The molecular weight excluding hydrogens is 218 g/mol. The molecule has 0 amide bonds. The number of hydrogen-bond acceptors (Lipinski definition) is 1. The normalized spacial score (nSPS) is 27.1. The minimum atomic E-state index is 0.503. The van der Waals surface area contributed by atoms with Crippen LogP contribution in [0.2, 0.25) is 0 Å². The summed E-state index contributed by atoms with van der Waals surface area (Å²) in [6.07, 6.45) is 4.01. The second-order valence-corrected chi connectivity index (χ2v) is 6.98. The van der Waals surface area contributed by atoms with E-state index in [9.17, 15) is 0 Å². The van der Waals surface area contributed by atoms with Crippen LogP contribution in [-0.4, -0.2) is 6.04 Å². The number of benzene rings is 1. The topological polar surface area (TPSA) is 12.0 Å². The third kappa shape index (κ3) is 3.84. The molecular formula is C17H27N. The van der Waals surface area contributed by atoms with Crippen LogP contribution in [0.5, 0.6) is 0 Å². The van der Waals surface area contributed by atoms with Crippen LogP contribution in [0.25, 0.3) is 0 Å². The minimum Gasteiger partial charge on any atom is -0.310 e. The molecule has 1 nitrogen and oxygen atoms in total. The number of aryl methyl sites for hydroxylation is 1. The standard InChI is InChI=1S/C17H27N/c1-13-5-7-15(8-6-13)12-18-16-9-14(2)10-17(3,4)11-16/h5-8,14,16,18H,9-12H2,1-4H3. The summed E-state index contributed by atoms with van der Waals surface area (Å²) >= 11 is 0. The molecule has 1 fully saturated rings. The Morgan fingerprint density at radius 1 is 1.17 bits per heavy atom. The van der Waals surface area contributed by atoms with Crippen LogP contribution >= 0.6 is 0 Å². The molecule has 100 valence electrons. The zero-order chi connectivity index (χ0) is 13.2. The monoisotopic (exact) mass is 245 g/mol. The first kappa shape index (κ1) is 13.6. The van der Waals surface area contributed by atoms with E-state index in [1.807, 2.05) is 0 Å². The third-order valence-corrected chi connectivity index (χ3v) is 4.10. The van der Waals surface area contributed by atoms with Crippen molar-refractivity contribution in [3.63, 3.8) is 0 Å². The number of rotatable bonds is 3. The Morgan fingerprint density at radius 2 is 1.83 bits per heavy atom. The summed E-state index contributed by atoms with van der Waals surface area (Å²) in [5.41, 5.74) is 3.24. The summed E-state index contributed by atoms with van der Waals surface area (Å²) in [6.45, 7) is 10.4. The molecule has 1 heteroatoms. The molecule has 1 N–H and O–H groups in total.